The summed E-state index contributed by atoms with van der Waals surface area (Å²) in [5, 5.41) is 2.69. The Labute approximate surface area is 152 Å². The number of carbonyl (C=O) groups is 1. The summed E-state index contributed by atoms with van der Waals surface area (Å²) >= 11 is 0. The van der Waals surface area contributed by atoms with Gasteiger partial charge in [0, 0.05) is 13.7 Å². The second kappa shape index (κ2) is 7.76. The molecule has 3 rings (SSSR count). The maximum absolute atomic E-state index is 13.1. The number of methoxy groups -OCH3 is 1. The maximum Gasteiger partial charge on any atom is 0.264 e. The SMILES string of the molecule is COCCNC(=O)C1CN(S(=O)(=O)c2ccccc2)c2ccccc2O1. The Morgan fingerprint density at radius 2 is 1.88 bits per heavy atom. The second-order valence-corrected chi connectivity index (χ2v) is 7.57. The van der Waals surface area contributed by atoms with E-state index in [0.29, 0.717) is 24.6 Å². The maximum atomic E-state index is 13.1. The first-order valence-corrected chi connectivity index (χ1v) is 9.58. The molecule has 2 aromatic rings. The smallest absolute Gasteiger partial charge is 0.264 e. The van der Waals surface area contributed by atoms with Crippen LogP contribution in [0.4, 0.5) is 5.69 Å². The van der Waals surface area contributed by atoms with Gasteiger partial charge in [0.1, 0.15) is 5.75 Å². The molecule has 0 bridgehead atoms. The average Bonchev–Trinajstić information content (AvgIpc) is 2.67. The number of benzene rings is 2. The minimum Gasteiger partial charge on any atom is -0.476 e. The Morgan fingerprint density at radius 3 is 2.62 bits per heavy atom. The number of carbonyl (C=O) groups excluding carboxylic acids is 1. The number of nitrogens with one attached hydrogen (secondary N) is 1. The van der Waals surface area contributed by atoms with Gasteiger partial charge in [0.2, 0.25) is 0 Å². The first kappa shape index (κ1) is 18.2. The summed E-state index contributed by atoms with van der Waals surface area (Å²) in [6.45, 7) is 0.580. The van der Waals surface area contributed by atoms with Crippen molar-refractivity contribution in [2.45, 2.75) is 11.0 Å². The predicted molar refractivity (Wildman–Crippen MR) is 96.7 cm³/mol. The van der Waals surface area contributed by atoms with E-state index < -0.39 is 16.1 Å². The van der Waals surface area contributed by atoms with Crippen molar-refractivity contribution in [1.82, 2.24) is 5.32 Å². The van der Waals surface area contributed by atoms with E-state index in [2.05, 4.69) is 5.32 Å². The molecule has 0 spiro atoms. The topological polar surface area (TPSA) is 84.9 Å². The molecule has 7 nitrogen and oxygen atoms in total. The van der Waals surface area contributed by atoms with Crippen molar-refractivity contribution in [3.05, 3.63) is 54.6 Å². The number of sulfonamides is 1. The van der Waals surface area contributed by atoms with Crippen molar-refractivity contribution >= 4 is 21.6 Å². The Balaban J connectivity index is 1.92. The molecule has 8 heteroatoms. The van der Waals surface area contributed by atoms with E-state index in [1.807, 2.05) is 0 Å². The van der Waals surface area contributed by atoms with Crippen molar-refractivity contribution < 1.29 is 22.7 Å². The third-order valence-electron chi connectivity index (χ3n) is 3.96. The van der Waals surface area contributed by atoms with Crippen molar-refractivity contribution in [2.24, 2.45) is 0 Å². The van der Waals surface area contributed by atoms with Gasteiger partial charge in [-0.3, -0.25) is 9.10 Å². The van der Waals surface area contributed by atoms with Crippen LogP contribution in [0.5, 0.6) is 5.75 Å². The number of ether oxygens (including phenoxy) is 2. The first-order chi connectivity index (χ1) is 12.5. The zero-order valence-corrected chi connectivity index (χ0v) is 15.1. The second-order valence-electron chi connectivity index (χ2n) is 5.71. The van der Waals surface area contributed by atoms with Gasteiger partial charge in [-0.2, -0.15) is 0 Å². The number of hydrogen-bond acceptors (Lipinski definition) is 5. The minimum absolute atomic E-state index is 0.104. The fourth-order valence-electron chi connectivity index (χ4n) is 2.68. The van der Waals surface area contributed by atoms with Gasteiger partial charge >= 0.3 is 0 Å². The summed E-state index contributed by atoms with van der Waals surface area (Å²) in [6.07, 6.45) is -0.944. The van der Waals surface area contributed by atoms with Crippen molar-refractivity contribution in [3.63, 3.8) is 0 Å². The Morgan fingerprint density at radius 1 is 1.19 bits per heavy atom. The minimum atomic E-state index is -3.82. The molecule has 0 aromatic heterocycles. The Bertz CT molecular complexity index is 870. The molecule has 138 valence electrons. The highest BCUT2D eigenvalue weighted by molar-refractivity contribution is 7.92. The largest absolute Gasteiger partial charge is 0.476 e. The molecular formula is C18H20N2O5S. The van der Waals surface area contributed by atoms with Crippen LogP contribution < -0.4 is 14.4 Å². The zero-order chi connectivity index (χ0) is 18.6. The van der Waals surface area contributed by atoms with Crippen LogP contribution in [0.3, 0.4) is 0 Å². The molecule has 0 saturated carbocycles. The summed E-state index contributed by atoms with van der Waals surface area (Å²) in [7, 11) is -2.28. The van der Waals surface area contributed by atoms with Gasteiger partial charge in [-0.15, -0.1) is 0 Å². The lowest BCUT2D eigenvalue weighted by molar-refractivity contribution is -0.127. The molecule has 1 N–H and O–H groups in total. The molecule has 1 aliphatic heterocycles. The average molecular weight is 376 g/mol. The fraction of sp³-hybridized carbons (Fsp3) is 0.278. The normalized spacial score (nSPS) is 16.5. The lowest BCUT2D eigenvalue weighted by atomic mass is 10.2. The molecule has 1 aliphatic rings. The van der Waals surface area contributed by atoms with Crippen LogP contribution in [0, 0.1) is 0 Å². The van der Waals surface area contributed by atoms with Crippen LogP contribution in [-0.2, 0) is 19.6 Å². The highest BCUT2D eigenvalue weighted by Gasteiger charge is 2.37. The quantitative estimate of drug-likeness (QED) is 0.771. The molecule has 26 heavy (non-hydrogen) atoms. The van der Waals surface area contributed by atoms with E-state index in [0.717, 1.165) is 0 Å². The van der Waals surface area contributed by atoms with E-state index in [1.165, 1.54) is 23.5 Å². The highest BCUT2D eigenvalue weighted by atomic mass is 32.2. The standard InChI is InChI=1S/C18H20N2O5S/c1-24-12-11-19-18(21)17-13-20(15-9-5-6-10-16(15)25-17)26(22,23)14-7-3-2-4-8-14/h2-10,17H,11-13H2,1H3,(H,19,21). The highest BCUT2D eigenvalue weighted by Crippen LogP contribution is 2.36. The Kier molecular flexibility index (Phi) is 5.43. The third-order valence-corrected chi connectivity index (χ3v) is 5.76. The van der Waals surface area contributed by atoms with Crippen LogP contribution >= 0.6 is 0 Å². The monoisotopic (exact) mass is 376 g/mol. The molecule has 0 radical (unpaired) electrons. The predicted octanol–water partition coefficient (Wildman–Crippen LogP) is 1.41. The Hall–Kier alpha value is -2.58. The fourth-order valence-corrected chi connectivity index (χ4v) is 4.17. The van der Waals surface area contributed by atoms with Crippen LogP contribution in [-0.4, -0.2) is 47.2 Å². The van der Waals surface area contributed by atoms with Gasteiger partial charge in [0.05, 0.1) is 23.7 Å². The lowest BCUT2D eigenvalue weighted by Crippen LogP contribution is -2.51. The molecule has 0 aliphatic carbocycles. The van der Waals surface area contributed by atoms with E-state index in [1.54, 1.807) is 42.5 Å². The number of para-hydroxylation sites is 2. The first-order valence-electron chi connectivity index (χ1n) is 8.14. The summed E-state index contributed by atoms with van der Waals surface area (Å²) in [6, 6.07) is 14.9. The molecule has 1 heterocycles. The van der Waals surface area contributed by atoms with Gasteiger partial charge < -0.3 is 14.8 Å². The molecule has 2 aromatic carbocycles. The van der Waals surface area contributed by atoms with Gasteiger partial charge in [0.15, 0.2) is 6.10 Å². The van der Waals surface area contributed by atoms with Crippen LogP contribution in [0.15, 0.2) is 59.5 Å². The van der Waals surface area contributed by atoms with Gasteiger partial charge in [-0.1, -0.05) is 30.3 Å². The number of rotatable bonds is 6. The zero-order valence-electron chi connectivity index (χ0n) is 14.3. The van der Waals surface area contributed by atoms with Crippen molar-refractivity contribution in [1.29, 1.82) is 0 Å². The van der Waals surface area contributed by atoms with Gasteiger partial charge in [-0.25, -0.2) is 8.42 Å². The van der Waals surface area contributed by atoms with Crippen molar-refractivity contribution in [3.8, 4) is 5.75 Å². The molecule has 1 unspecified atom stereocenters. The molecule has 1 amide bonds. The van der Waals surface area contributed by atoms with Crippen molar-refractivity contribution in [2.75, 3.05) is 31.1 Å². The number of fused-ring (bicyclic) bond motifs is 1. The number of amides is 1. The van der Waals surface area contributed by atoms with E-state index >= 15 is 0 Å². The van der Waals surface area contributed by atoms with Crippen LogP contribution in [0.25, 0.3) is 0 Å². The van der Waals surface area contributed by atoms with Gasteiger partial charge in [-0.05, 0) is 24.3 Å². The van der Waals surface area contributed by atoms with E-state index in [-0.39, 0.29) is 17.3 Å². The third kappa shape index (κ3) is 3.66. The van der Waals surface area contributed by atoms with Crippen LogP contribution in [0.2, 0.25) is 0 Å². The van der Waals surface area contributed by atoms with E-state index in [4.69, 9.17) is 9.47 Å². The molecule has 0 fully saturated rings. The summed E-state index contributed by atoms with van der Waals surface area (Å²) in [5.41, 5.74) is 0.414. The molecular weight excluding hydrogens is 356 g/mol. The molecule has 0 saturated heterocycles. The number of anilines is 1. The molecule has 1 atom stereocenters. The lowest BCUT2D eigenvalue weighted by Gasteiger charge is -2.34. The number of hydrogen-bond donors (Lipinski definition) is 1. The van der Waals surface area contributed by atoms with Gasteiger partial charge in [0.25, 0.3) is 15.9 Å². The summed E-state index contributed by atoms with van der Waals surface area (Å²) in [5.74, 6) is -0.0324. The van der Waals surface area contributed by atoms with Crippen LogP contribution in [0.1, 0.15) is 0 Å². The number of nitrogens with zero attached hydrogens (tertiary/aromatic N) is 1. The summed E-state index contributed by atoms with van der Waals surface area (Å²) in [4.78, 5) is 12.5. The summed E-state index contributed by atoms with van der Waals surface area (Å²) < 4.78 is 38.1. The van der Waals surface area contributed by atoms with E-state index in [9.17, 15) is 13.2 Å².